The molecule has 0 saturated heterocycles. The summed E-state index contributed by atoms with van der Waals surface area (Å²) in [7, 11) is 0. The van der Waals surface area contributed by atoms with Crippen LogP contribution in [-0.2, 0) is 0 Å². The topological polar surface area (TPSA) is 21.3 Å². The van der Waals surface area contributed by atoms with Gasteiger partial charge in [-0.2, -0.15) is 0 Å². The SMILES string of the molecule is Cc1cc(Cl)c2c(c1)C(NC(C)C)CCO2. The summed E-state index contributed by atoms with van der Waals surface area (Å²) in [6, 6.07) is 4.95. The Bertz CT molecular complexity index is 390. The number of nitrogens with one attached hydrogen (secondary N) is 1. The summed E-state index contributed by atoms with van der Waals surface area (Å²) in [4.78, 5) is 0. The summed E-state index contributed by atoms with van der Waals surface area (Å²) in [5, 5.41) is 4.28. The van der Waals surface area contributed by atoms with Crippen molar-refractivity contribution in [1.82, 2.24) is 5.32 Å². The van der Waals surface area contributed by atoms with Gasteiger partial charge in [-0.3, -0.25) is 0 Å². The van der Waals surface area contributed by atoms with E-state index < -0.39 is 0 Å². The van der Waals surface area contributed by atoms with Crippen molar-refractivity contribution in [3.63, 3.8) is 0 Å². The van der Waals surface area contributed by atoms with Crippen molar-refractivity contribution in [2.24, 2.45) is 0 Å². The largest absolute Gasteiger partial charge is 0.492 e. The Morgan fingerprint density at radius 2 is 2.19 bits per heavy atom. The zero-order chi connectivity index (χ0) is 11.7. The molecular formula is C13H18ClNO. The maximum absolute atomic E-state index is 6.20. The summed E-state index contributed by atoms with van der Waals surface area (Å²) in [5.74, 6) is 0.858. The van der Waals surface area contributed by atoms with E-state index in [1.165, 1.54) is 11.1 Å². The zero-order valence-electron chi connectivity index (χ0n) is 10.0. The summed E-state index contributed by atoms with van der Waals surface area (Å²) in [6.45, 7) is 7.12. The molecule has 1 aliphatic heterocycles. The van der Waals surface area contributed by atoms with E-state index in [2.05, 4.69) is 32.2 Å². The first-order valence-corrected chi connectivity index (χ1v) is 6.14. The van der Waals surface area contributed by atoms with Crippen LogP contribution >= 0.6 is 11.6 Å². The molecule has 1 aromatic rings. The highest BCUT2D eigenvalue weighted by Gasteiger charge is 2.24. The monoisotopic (exact) mass is 239 g/mol. The highest BCUT2D eigenvalue weighted by molar-refractivity contribution is 6.32. The van der Waals surface area contributed by atoms with Gasteiger partial charge in [0.15, 0.2) is 0 Å². The van der Waals surface area contributed by atoms with Crippen LogP contribution in [0.5, 0.6) is 5.75 Å². The molecule has 3 heteroatoms. The number of hydrogen-bond acceptors (Lipinski definition) is 2. The Balaban J connectivity index is 2.37. The lowest BCUT2D eigenvalue weighted by Gasteiger charge is -2.29. The van der Waals surface area contributed by atoms with Crippen LogP contribution in [0.15, 0.2) is 12.1 Å². The smallest absolute Gasteiger partial charge is 0.142 e. The lowest BCUT2D eigenvalue weighted by Crippen LogP contribution is -2.32. The van der Waals surface area contributed by atoms with Gasteiger partial charge in [-0.1, -0.05) is 31.5 Å². The third-order valence-electron chi connectivity index (χ3n) is 2.78. The maximum atomic E-state index is 6.20. The van der Waals surface area contributed by atoms with E-state index in [9.17, 15) is 0 Å². The van der Waals surface area contributed by atoms with Crippen LogP contribution in [0.3, 0.4) is 0 Å². The Labute approximate surface area is 102 Å². The van der Waals surface area contributed by atoms with E-state index in [-0.39, 0.29) is 0 Å². The van der Waals surface area contributed by atoms with Gasteiger partial charge in [-0.15, -0.1) is 0 Å². The van der Waals surface area contributed by atoms with Crippen molar-refractivity contribution in [2.75, 3.05) is 6.61 Å². The Morgan fingerprint density at radius 3 is 2.88 bits per heavy atom. The molecule has 1 heterocycles. The Kier molecular flexibility index (Phi) is 3.41. The van der Waals surface area contributed by atoms with Gasteiger partial charge in [0.25, 0.3) is 0 Å². The second kappa shape index (κ2) is 4.64. The van der Waals surface area contributed by atoms with Gasteiger partial charge in [0, 0.05) is 24.1 Å². The van der Waals surface area contributed by atoms with Gasteiger partial charge >= 0.3 is 0 Å². The minimum absolute atomic E-state index is 0.362. The number of benzene rings is 1. The Morgan fingerprint density at radius 1 is 1.44 bits per heavy atom. The molecule has 1 aromatic carbocycles. The molecular weight excluding hydrogens is 222 g/mol. The second-order valence-corrected chi connectivity index (χ2v) is 5.08. The van der Waals surface area contributed by atoms with E-state index in [0.29, 0.717) is 12.1 Å². The average Bonchev–Trinajstić information content (AvgIpc) is 2.18. The first kappa shape index (κ1) is 11.7. The Hall–Kier alpha value is -0.730. The fourth-order valence-electron chi connectivity index (χ4n) is 2.18. The van der Waals surface area contributed by atoms with Crippen molar-refractivity contribution in [3.05, 3.63) is 28.3 Å². The zero-order valence-corrected chi connectivity index (χ0v) is 10.8. The predicted octanol–water partition coefficient (Wildman–Crippen LogP) is 3.47. The van der Waals surface area contributed by atoms with Crippen LogP contribution in [0.1, 0.15) is 37.4 Å². The van der Waals surface area contributed by atoms with Crippen molar-refractivity contribution in [3.8, 4) is 5.75 Å². The predicted molar refractivity (Wildman–Crippen MR) is 67.3 cm³/mol. The molecule has 0 fully saturated rings. The lowest BCUT2D eigenvalue weighted by molar-refractivity contribution is 0.247. The lowest BCUT2D eigenvalue weighted by atomic mass is 9.98. The van der Waals surface area contributed by atoms with Crippen molar-refractivity contribution in [1.29, 1.82) is 0 Å². The quantitative estimate of drug-likeness (QED) is 0.853. The third kappa shape index (κ3) is 2.33. The van der Waals surface area contributed by atoms with Gasteiger partial charge in [0.2, 0.25) is 0 Å². The number of halogens is 1. The number of aryl methyl sites for hydroxylation is 1. The molecule has 16 heavy (non-hydrogen) atoms. The molecule has 2 rings (SSSR count). The molecule has 0 spiro atoms. The molecule has 1 atom stereocenters. The normalized spacial score (nSPS) is 19.4. The first-order chi connectivity index (χ1) is 7.58. The highest BCUT2D eigenvalue weighted by Crippen LogP contribution is 2.38. The van der Waals surface area contributed by atoms with Crippen LogP contribution < -0.4 is 10.1 Å². The van der Waals surface area contributed by atoms with Gasteiger partial charge < -0.3 is 10.1 Å². The highest BCUT2D eigenvalue weighted by atomic mass is 35.5. The summed E-state index contributed by atoms with van der Waals surface area (Å²) in [6.07, 6.45) is 1.00. The van der Waals surface area contributed by atoms with E-state index in [4.69, 9.17) is 16.3 Å². The maximum Gasteiger partial charge on any atom is 0.142 e. The standard InChI is InChI=1S/C13H18ClNO/c1-8(2)15-12-4-5-16-13-10(12)6-9(3)7-11(13)14/h6-8,12,15H,4-5H2,1-3H3. The fraction of sp³-hybridized carbons (Fsp3) is 0.538. The molecule has 0 bridgehead atoms. The van der Waals surface area contributed by atoms with Gasteiger partial charge in [-0.25, -0.2) is 0 Å². The van der Waals surface area contributed by atoms with Gasteiger partial charge in [0.05, 0.1) is 11.6 Å². The van der Waals surface area contributed by atoms with E-state index in [1.54, 1.807) is 0 Å². The second-order valence-electron chi connectivity index (χ2n) is 4.68. The van der Waals surface area contributed by atoms with Crippen LogP contribution in [0, 0.1) is 6.92 Å². The van der Waals surface area contributed by atoms with Crippen LogP contribution in [-0.4, -0.2) is 12.6 Å². The van der Waals surface area contributed by atoms with Crippen molar-refractivity contribution < 1.29 is 4.74 Å². The molecule has 1 N–H and O–H groups in total. The summed E-state index contributed by atoms with van der Waals surface area (Å²) < 4.78 is 5.65. The minimum Gasteiger partial charge on any atom is -0.492 e. The van der Waals surface area contributed by atoms with Crippen LogP contribution in [0.4, 0.5) is 0 Å². The van der Waals surface area contributed by atoms with Crippen molar-refractivity contribution in [2.45, 2.75) is 39.3 Å². The molecule has 0 saturated carbocycles. The van der Waals surface area contributed by atoms with Gasteiger partial charge in [0.1, 0.15) is 5.75 Å². The summed E-state index contributed by atoms with van der Waals surface area (Å²) >= 11 is 6.20. The number of ether oxygens (including phenoxy) is 1. The fourth-order valence-corrected chi connectivity index (χ4v) is 2.51. The number of fused-ring (bicyclic) bond motifs is 1. The molecule has 0 amide bonds. The van der Waals surface area contributed by atoms with E-state index in [1.807, 2.05) is 6.07 Å². The molecule has 0 aliphatic carbocycles. The van der Waals surface area contributed by atoms with Crippen LogP contribution in [0.2, 0.25) is 5.02 Å². The minimum atomic E-state index is 0.362. The van der Waals surface area contributed by atoms with Gasteiger partial charge in [-0.05, 0) is 18.6 Å². The average molecular weight is 240 g/mol. The molecule has 1 aliphatic rings. The van der Waals surface area contributed by atoms with Crippen molar-refractivity contribution >= 4 is 11.6 Å². The molecule has 2 nitrogen and oxygen atoms in total. The molecule has 1 unspecified atom stereocenters. The van der Waals surface area contributed by atoms with Crippen LogP contribution in [0.25, 0.3) is 0 Å². The number of rotatable bonds is 2. The third-order valence-corrected chi connectivity index (χ3v) is 3.06. The summed E-state index contributed by atoms with van der Waals surface area (Å²) in [5.41, 5.74) is 2.38. The number of hydrogen-bond donors (Lipinski definition) is 1. The molecule has 88 valence electrons. The molecule has 0 radical (unpaired) electrons. The molecule has 0 aromatic heterocycles. The van der Waals surface area contributed by atoms with E-state index >= 15 is 0 Å². The first-order valence-electron chi connectivity index (χ1n) is 5.77. The van der Waals surface area contributed by atoms with E-state index in [0.717, 1.165) is 23.8 Å².